The van der Waals surface area contributed by atoms with Crippen LogP contribution in [-0.4, -0.2) is 25.5 Å². The lowest BCUT2D eigenvalue weighted by molar-refractivity contribution is -0.128. The van der Waals surface area contributed by atoms with Gasteiger partial charge >= 0.3 is 0 Å². The molecule has 0 bridgehead atoms. The van der Waals surface area contributed by atoms with Crippen LogP contribution in [-0.2, 0) is 9.59 Å². The van der Waals surface area contributed by atoms with Gasteiger partial charge in [-0.3, -0.25) is 20.4 Å². The molecule has 0 spiro atoms. The number of methoxy groups -OCH3 is 1. The number of benzene rings is 2. The maximum atomic E-state index is 11.6. The molecule has 2 aromatic rings. The molecule has 0 heterocycles. The fraction of sp³-hybridized carbons (Fsp3) is 0.111. The third kappa shape index (κ3) is 6.56. The lowest BCUT2D eigenvalue weighted by Gasteiger charge is -2.08. The molecule has 0 aliphatic carbocycles. The summed E-state index contributed by atoms with van der Waals surface area (Å²) < 4.78 is 10.3. The molecular formula is C18H17ClN2O4. The Labute approximate surface area is 150 Å². The zero-order chi connectivity index (χ0) is 18.1. The van der Waals surface area contributed by atoms with Gasteiger partial charge in [0.15, 0.2) is 6.61 Å². The van der Waals surface area contributed by atoms with Crippen molar-refractivity contribution in [2.24, 2.45) is 0 Å². The lowest BCUT2D eigenvalue weighted by Crippen LogP contribution is -2.43. The van der Waals surface area contributed by atoms with Crippen LogP contribution >= 0.6 is 11.6 Å². The van der Waals surface area contributed by atoms with Gasteiger partial charge in [0.1, 0.15) is 11.5 Å². The molecule has 6 nitrogen and oxygen atoms in total. The smallest absolute Gasteiger partial charge is 0.276 e. The highest BCUT2D eigenvalue weighted by molar-refractivity contribution is 6.30. The van der Waals surface area contributed by atoms with Crippen molar-refractivity contribution in [2.75, 3.05) is 13.7 Å². The Bertz CT molecular complexity index is 743. The Hall–Kier alpha value is -2.99. The first-order chi connectivity index (χ1) is 12.1. The molecule has 25 heavy (non-hydrogen) atoms. The molecule has 0 fully saturated rings. The molecule has 0 saturated carbocycles. The predicted octanol–water partition coefficient (Wildman–Crippen LogP) is 2.59. The van der Waals surface area contributed by atoms with Gasteiger partial charge in [-0.25, -0.2) is 0 Å². The van der Waals surface area contributed by atoms with Gasteiger partial charge in [0, 0.05) is 11.1 Å². The van der Waals surface area contributed by atoms with Crippen molar-refractivity contribution in [1.82, 2.24) is 10.9 Å². The number of carbonyl (C=O) groups excluding carboxylic acids is 2. The fourth-order valence-corrected chi connectivity index (χ4v) is 1.90. The molecule has 2 N–H and O–H groups in total. The number of ether oxygens (including phenoxy) is 2. The second-order valence-electron chi connectivity index (χ2n) is 4.89. The average molecular weight is 361 g/mol. The maximum Gasteiger partial charge on any atom is 0.276 e. The molecule has 0 saturated heterocycles. The van der Waals surface area contributed by atoms with Gasteiger partial charge in [-0.1, -0.05) is 23.7 Å². The summed E-state index contributed by atoms with van der Waals surface area (Å²) in [5.41, 5.74) is 5.34. The van der Waals surface area contributed by atoms with Crippen LogP contribution in [0.2, 0.25) is 5.02 Å². The van der Waals surface area contributed by atoms with Crippen LogP contribution < -0.4 is 20.3 Å². The molecule has 0 aliphatic rings. The second kappa shape index (κ2) is 9.34. The summed E-state index contributed by atoms with van der Waals surface area (Å²) in [7, 11) is 1.56. The molecule has 2 aromatic carbocycles. The second-order valence-corrected chi connectivity index (χ2v) is 5.32. The quantitative estimate of drug-likeness (QED) is 0.613. The van der Waals surface area contributed by atoms with Crippen LogP contribution in [0.1, 0.15) is 5.56 Å². The number of halogens is 1. The van der Waals surface area contributed by atoms with Crippen LogP contribution in [0.3, 0.4) is 0 Å². The topological polar surface area (TPSA) is 76.7 Å². The molecular weight excluding hydrogens is 344 g/mol. The summed E-state index contributed by atoms with van der Waals surface area (Å²) in [6.45, 7) is -0.229. The van der Waals surface area contributed by atoms with Crippen molar-refractivity contribution in [1.29, 1.82) is 0 Å². The number of hydrazine groups is 1. The molecule has 0 radical (unpaired) electrons. The van der Waals surface area contributed by atoms with E-state index in [-0.39, 0.29) is 6.61 Å². The number of carbonyl (C=O) groups is 2. The first kappa shape index (κ1) is 18.4. The maximum absolute atomic E-state index is 11.6. The summed E-state index contributed by atoms with van der Waals surface area (Å²) in [5, 5.41) is 0.616. The van der Waals surface area contributed by atoms with Crippen LogP contribution in [0.25, 0.3) is 6.08 Å². The molecule has 0 unspecified atom stereocenters. The molecule has 2 amide bonds. The van der Waals surface area contributed by atoms with Crippen LogP contribution in [0.5, 0.6) is 11.5 Å². The fourth-order valence-electron chi connectivity index (χ4n) is 1.78. The van der Waals surface area contributed by atoms with E-state index in [1.165, 1.54) is 6.08 Å². The minimum atomic E-state index is -0.482. The average Bonchev–Trinajstić information content (AvgIpc) is 2.64. The number of amides is 2. The van der Waals surface area contributed by atoms with Crippen LogP contribution in [0, 0.1) is 0 Å². The summed E-state index contributed by atoms with van der Waals surface area (Å²) in [5.74, 6) is 0.262. The van der Waals surface area contributed by atoms with Crippen molar-refractivity contribution in [3.05, 3.63) is 65.2 Å². The van der Waals surface area contributed by atoms with Gasteiger partial charge in [0.2, 0.25) is 0 Å². The predicted molar refractivity (Wildman–Crippen MR) is 95.3 cm³/mol. The van der Waals surface area contributed by atoms with E-state index in [1.807, 2.05) is 0 Å². The van der Waals surface area contributed by atoms with Gasteiger partial charge < -0.3 is 9.47 Å². The Balaban J connectivity index is 1.71. The van der Waals surface area contributed by atoms with Gasteiger partial charge in [0.25, 0.3) is 11.8 Å². The lowest BCUT2D eigenvalue weighted by atomic mass is 10.2. The molecule has 0 aliphatic heterocycles. The summed E-state index contributed by atoms with van der Waals surface area (Å²) >= 11 is 5.78. The highest BCUT2D eigenvalue weighted by atomic mass is 35.5. The molecule has 130 valence electrons. The number of nitrogens with one attached hydrogen (secondary N) is 2. The minimum Gasteiger partial charge on any atom is -0.497 e. The first-order valence-electron chi connectivity index (χ1n) is 7.36. The third-order valence-electron chi connectivity index (χ3n) is 3.05. The minimum absolute atomic E-state index is 0.229. The standard InChI is InChI=1S/C18H17ClN2O4/c1-24-15-7-9-16(10-8-15)25-12-18(23)21-20-17(22)11-4-13-2-5-14(19)6-3-13/h2-11H,12H2,1H3,(H,20,22)(H,21,23)/b11-4+. The Morgan fingerprint density at radius 2 is 1.64 bits per heavy atom. The van der Waals surface area contributed by atoms with Gasteiger partial charge in [-0.05, 0) is 48.0 Å². The van der Waals surface area contributed by atoms with E-state index < -0.39 is 11.8 Å². The van der Waals surface area contributed by atoms with Crippen molar-refractivity contribution >= 4 is 29.5 Å². The number of rotatable bonds is 6. The molecule has 7 heteroatoms. The zero-order valence-corrected chi connectivity index (χ0v) is 14.2. The molecule has 2 rings (SSSR count). The van der Waals surface area contributed by atoms with Gasteiger partial charge in [-0.15, -0.1) is 0 Å². The number of hydrogen-bond donors (Lipinski definition) is 2. The summed E-state index contributed by atoms with van der Waals surface area (Å²) in [4.78, 5) is 23.3. The van der Waals surface area contributed by atoms with Crippen LogP contribution in [0.4, 0.5) is 0 Å². The van der Waals surface area contributed by atoms with Crippen molar-refractivity contribution in [2.45, 2.75) is 0 Å². The SMILES string of the molecule is COc1ccc(OCC(=O)NNC(=O)/C=C/c2ccc(Cl)cc2)cc1. The Morgan fingerprint density at radius 3 is 2.28 bits per heavy atom. The van der Waals surface area contributed by atoms with E-state index >= 15 is 0 Å². The van der Waals surface area contributed by atoms with Crippen LogP contribution in [0.15, 0.2) is 54.6 Å². The zero-order valence-electron chi connectivity index (χ0n) is 13.5. The normalized spacial score (nSPS) is 10.3. The summed E-state index contributed by atoms with van der Waals surface area (Å²) in [6.07, 6.45) is 2.90. The van der Waals surface area contributed by atoms with Gasteiger partial charge in [-0.2, -0.15) is 0 Å². The van der Waals surface area contributed by atoms with E-state index in [0.29, 0.717) is 16.5 Å². The van der Waals surface area contributed by atoms with Gasteiger partial charge in [0.05, 0.1) is 7.11 Å². The summed E-state index contributed by atoms with van der Waals surface area (Å²) in [6, 6.07) is 13.8. The largest absolute Gasteiger partial charge is 0.497 e. The van der Waals surface area contributed by atoms with Crippen molar-refractivity contribution < 1.29 is 19.1 Å². The molecule has 0 aromatic heterocycles. The highest BCUT2D eigenvalue weighted by Gasteiger charge is 2.04. The van der Waals surface area contributed by atoms with E-state index in [2.05, 4.69) is 10.9 Å². The third-order valence-corrected chi connectivity index (χ3v) is 3.30. The highest BCUT2D eigenvalue weighted by Crippen LogP contribution is 2.16. The van der Waals surface area contributed by atoms with E-state index in [0.717, 1.165) is 5.56 Å². The Kier molecular flexibility index (Phi) is 6.86. The van der Waals surface area contributed by atoms with Crippen molar-refractivity contribution in [3.63, 3.8) is 0 Å². The Morgan fingerprint density at radius 1 is 1.00 bits per heavy atom. The number of hydrogen-bond acceptors (Lipinski definition) is 4. The van der Waals surface area contributed by atoms with E-state index in [9.17, 15) is 9.59 Å². The monoisotopic (exact) mass is 360 g/mol. The first-order valence-corrected chi connectivity index (χ1v) is 7.74. The van der Waals surface area contributed by atoms with E-state index in [4.69, 9.17) is 21.1 Å². The van der Waals surface area contributed by atoms with Crippen molar-refractivity contribution in [3.8, 4) is 11.5 Å². The molecule has 0 atom stereocenters. The van der Waals surface area contributed by atoms with E-state index in [1.54, 1.807) is 61.7 Å².